The van der Waals surface area contributed by atoms with Gasteiger partial charge in [0.25, 0.3) is 0 Å². The molecule has 5 heteroatoms. The molecule has 1 saturated heterocycles. The van der Waals surface area contributed by atoms with Crippen molar-refractivity contribution < 1.29 is 4.74 Å². The molecule has 1 spiro atoms. The first-order valence-electron chi connectivity index (χ1n) is 7.18. The lowest BCUT2D eigenvalue weighted by Crippen LogP contribution is -2.62. The van der Waals surface area contributed by atoms with E-state index in [-0.39, 0.29) is 5.54 Å². The summed E-state index contributed by atoms with van der Waals surface area (Å²) in [4.78, 5) is 11.4. The molecule has 1 aliphatic heterocycles. The molecule has 104 valence electrons. The van der Waals surface area contributed by atoms with Gasteiger partial charge in [-0.25, -0.2) is 9.97 Å². The molecule has 19 heavy (non-hydrogen) atoms. The highest BCUT2D eigenvalue weighted by Gasteiger charge is 2.40. The molecule has 1 aliphatic carbocycles. The number of methoxy groups -OCH3 is 1. The van der Waals surface area contributed by atoms with Crippen LogP contribution in [0.15, 0.2) is 12.4 Å². The van der Waals surface area contributed by atoms with E-state index in [4.69, 9.17) is 4.74 Å². The number of ether oxygens (including phenoxy) is 1. The van der Waals surface area contributed by atoms with Crippen LogP contribution in [-0.4, -0.2) is 42.3 Å². The van der Waals surface area contributed by atoms with E-state index in [1.54, 1.807) is 19.5 Å². The number of hydrogen-bond acceptors (Lipinski definition) is 5. The van der Waals surface area contributed by atoms with Gasteiger partial charge >= 0.3 is 0 Å². The zero-order valence-electron chi connectivity index (χ0n) is 11.6. The van der Waals surface area contributed by atoms with Crippen LogP contribution in [0.2, 0.25) is 0 Å². The Morgan fingerprint density at radius 3 is 2.63 bits per heavy atom. The minimum atomic E-state index is 0.227. The molecule has 0 unspecified atom stereocenters. The van der Waals surface area contributed by atoms with Gasteiger partial charge in [-0.1, -0.05) is 19.3 Å². The maximum absolute atomic E-state index is 5.14. The molecule has 0 amide bonds. The van der Waals surface area contributed by atoms with Crippen LogP contribution in [-0.2, 0) is 0 Å². The Morgan fingerprint density at radius 1 is 1.21 bits per heavy atom. The first kappa shape index (κ1) is 12.7. The van der Waals surface area contributed by atoms with Crippen LogP contribution < -0.4 is 15.0 Å². The van der Waals surface area contributed by atoms with Gasteiger partial charge in [0, 0.05) is 19.6 Å². The number of anilines is 1. The molecule has 5 nitrogen and oxygen atoms in total. The van der Waals surface area contributed by atoms with Gasteiger partial charge in [-0.15, -0.1) is 0 Å². The molecular formula is C14H22N4O. The summed E-state index contributed by atoms with van der Waals surface area (Å²) in [6.07, 6.45) is 10.0. The molecule has 2 aliphatic rings. The summed E-state index contributed by atoms with van der Waals surface area (Å²) in [7, 11) is 1.64. The van der Waals surface area contributed by atoms with Crippen LogP contribution in [0.4, 0.5) is 5.95 Å². The van der Waals surface area contributed by atoms with Crippen molar-refractivity contribution in [2.45, 2.75) is 37.6 Å². The fraction of sp³-hybridized carbons (Fsp3) is 0.714. The minimum Gasteiger partial charge on any atom is -0.494 e. The van der Waals surface area contributed by atoms with E-state index in [0.29, 0.717) is 0 Å². The van der Waals surface area contributed by atoms with Crippen molar-refractivity contribution in [3.8, 4) is 5.75 Å². The van der Waals surface area contributed by atoms with E-state index < -0.39 is 0 Å². The Hall–Kier alpha value is -1.36. The molecule has 2 heterocycles. The average Bonchev–Trinajstić information content (AvgIpc) is 2.49. The average molecular weight is 262 g/mol. The number of nitrogens with zero attached hydrogens (tertiary/aromatic N) is 3. The van der Waals surface area contributed by atoms with E-state index in [2.05, 4.69) is 20.2 Å². The summed E-state index contributed by atoms with van der Waals surface area (Å²) in [5.74, 6) is 1.57. The van der Waals surface area contributed by atoms with E-state index in [1.807, 2.05) is 0 Å². The minimum absolute atomic E-state index is 0.227. The first-order valence-corrected chi connectivity index (χ1v) is 7.18. The van der Waals surface area contributed by atoms with Crippen LogP contribution in [0.3, 0.4) is 0 Å². The monoisotopic (exact) mass is 262 g/mol. The lowest BCUT2D eigenvalue weighted by atomic mass is 9.79. The SMILES string of the molecule is COc1cnc(N2CCNCC23CCCCC3)nc1. The Balaban J connectivity index is 1.86. The summed E-state index contributed by atoms with van der Waals surface area (Å²) >= 11 is 0. The van der Waals surface area contributed by atoms with Gasteiger partial charge < -0.3 is 15.0 Å². The van der Waals surface area contributed by atoms with Crippen molar-refractivity contribution in [3.05, 3.63) is 12.4 Å². The predicted molar refractivity (Wildman–Crippen MR) is 74.6 cm³/mol. The molecular weight excluding hydrogens is 240 g/mol. The largest absolute Gasteiger partial charge is 0.494 e. The second kappa shape index (κ2) is 5.33. The van der Waals surface area contributed by atoms with E-state index >= 15 is 0 Å². The van der Waals surface area contributed by atoms with Gasteiger partial charge in [0.05, 0.1) is 25.0 Å². The fourth-order valence-electron chi connectivity index (χ4n) is 3.37. The normalized spacial score (nSPS) is 22.5. The van der Waals surface area contributed by atoms with Crippen molar-refractivity contribution >= 4 is 5.95 Å². The topological polar surface area (TPSA) is 50.3 Å². The molecule has 0 aromatic carbocycles. The molecule has 0 atom stereocenters. The molecule has 1 N–H and O–H groups in total. The summed E-state index contributed by atoms with van der Waals surface area (Å²) < 4.78 is 5.14. The van der Waals surface area contributed by atoms with Gasteiger partial charge in [0.2, 0.25) is 5.95 Å². The Bertz CT molecular complexity index is 406. The molecule has 1 aromatic heterocycles. The van der Waals surface area contributed by atoms with Gasteiger partial charge in [-0.2, -0.15) is 0 Å². The van der Waals surface area contributed by atoms with Gasteiger partial charge in [0.15, 0.2) is 5.75 Å². The maximum atomic E-state index is 5.14. The third kappa shape index (κ3) is 2.39. The molecule has 0 radical (unpaired) electrons. The highest BCUT2D eigenvalue weighted by molar-refractivity contribution is 5.38. The van der Waals surface area contributed by atoms with Crippen molar-refractivity contribution in [1.82, 2.24) is 15.3 Å². The number of aromatic nitrogens is 2. The fourth-order valence-corrected chi connectivity index (χ4v) is 3.37. The molecule has 3 rings (SSSR count). The summed E-state index contributed by atoms with van der Waals surface area (Å²) in [6.45, 7) is 3.06. The smallest absolute Gasteiger partial charge is 0.226 e. The third-order valence-corrected chi connectivity index (χ3v) is 4.41. The van der Waals surface area contributed by atoms with Crippen molar-refractivity contribution in [3.63, 3.8) is 0 Å². The van der Waals surface area contributed by atoms with Crippen LogP contribution in [0, 0.1) is 0 Å². The van der Waals surface area contributed by atoms with Gasteiger partial charge in [-0.3, -0.25) is 0 Å². The lowest BCUT2D eigenvalue weighted by molar-refractivity contribution is 0.238. The predicted octanol–water partition coefficient (Wildman–Crippen LogP) is 1.60. The van der Waals surface area contributed by atoms with Crippen LogP contribution >= 0.6 is 0 Å². The quantitative estimate of drug-likeness (QED) is 0.877. The van der Waals surface area contributed by atoms with Crippen LogP contribution in [0.1, 0.15) is 32.1 Å². The highest BCUT2D eigenvalue weighted by atomic mass is 16.5. The second-order valence-electron chi connectivity index (χ2n) is 5.54. The molecule has 0 bridgehead atoms. The molecule has 2 fully saturated rings. The van der Waals surface area contributed by atoms with E-state index in [9.17, 15) is 0 Å². The number of rotatable bonds is 2. The zero-order valence-corrected chi connectivity index (χ0v) is 11.6. The number of nitrogens with one attached hydrogen (secondary N) is 1. The molecule has 1 saturated carbocycles. The summed E-state index contributed by atoms with van der Waals surface area (Å²) in [5.41, 5.74) is 0.227. The Labute approximate surface area is 114 Å². The Kier molecular flexibility index (Phi) is 3.55. The number of hydrogen-bond donors (Lipinski definition) is 1. The number of piperazine rings is 1. The Morgan fingerprint density at radius 2 is 1.95 bits per heavy atom. The molecule has 1 aromatic rings. The summed E-state index contributed by atoms with van der Waals surface area (Å²) in [6, 6.07) is 0. The van der Waals surface area contributed by atoms with E-state index in [0.717, 1.165) is 31.3 Å². The standard InChI is InChI=1S/C14H22N4O/c1-19-12-9-16-13(17-10-12)18-8-7-15-11-14(18)5-3-2-4-6-14/h9-10,15H,2-8,11H2,1H3. The van der Waals surface area contributed by atoms with Gasteiger partial charge in [-0.05, 0) is 12.8 Å². The highest BCUT2D eigenvalue weighted by Crippen LogP contribution is 2.36. The van der Waals surface area contributed by atoms with E-state index in [1.165, 1.54) is 32.1 Å². The van der Waals surface area contributed by atoms with Crippen molar-refractivity contribution in [2.75, 3.05) is 31.6 Å². The van der Waals surface area contributed by atoms with Crippen LogP contribution in [0.5, 0.6) is 5.75 Å². The zero-order chi connectivity index (χ0) is 13.1. The summed E-state index contributed by atoms with van der Waals surface area (Å²) in [5, 5.41) is 3.55. The van der Waals surface area contributed by atoms with Crippen molar-refractivity contribution in [2.24, 2.45) is 0 Å². The van der Waals surface area contributed by atoms with Gasteiger partial charge in [0.1, 0.15) is 0 Å². The van der Waals surface area contributed by atoms with Crippen molar-refractivity contribution in [1.29, 1.82) is 0 Å². The van der Waals surface area contributed by atoms with Crippen LogP contribution in [0.25, 0.3) is 0 Å². The first-order chi connectivity index (χ1) is 9.34. The second-order valence-corrected chi connectivity index (χ2v) is 5.54. The maximum Gasteiger partial charge on any atom is 0.226 e. The lowest BCUT2D eigenvalue weighted by Gasteiger charge is -2.49. The third-order valence-electron chi connectivity index (χ3n) is 4.41.